The van der Waals surface area contributed by atoms with E-state index < -0.39 is 0 Å². The van der Waals surface area contributed by atoms with Crippen molar-refractivity contribution >= 4 is 0 Å². The summed E-state index contributed by atoms with van der Waals surface area (Å²) in [5.74, 6) is 0. The standard InChI is InChI=1S/C22H23NO/c23-21(16-18-10-4-1-5-11-18)22(20-14-8-3-9-15-20)24-17-19-12-6-2-7-13-19/h1-15,21-22H,16-17,23H2. The molecule has 122 valence electrons. The van der Waals surface area contributed by atoms with E-state index in [-0.39, 0.29) is 12.1 Å². The lowest BCUT2D eigenvalue weighted by molar-refractivity contribution is 0.0221. The van der Waals surface area contributed by atoms with E-state index >= 15 is 0 Å². The highest BCUT2D eigenvalue weighted by Gasteiger charge is 2.21. The lowest BCUT2D eigenvalue weighted by Gasteiger charge is -2.25. The molecule has 2 atom stereocenters. The van der Waals surface area contributed by atoms with Crippen LogP contribution in [0.1, 0.15) is 22.8 Å². The average molecular weight is 317 g/mol. The zero-order valence-corrected chi connectivity index (χ0v) is 13.7. The predicted molar refractivity (Wildman–Crippen MR) is 98.5 cm³/mol. The third-order valence-electron chi connectivity index (χ3n) is 4.10. The van der Waals surface area contributed by atoms with Gasteiger partial charge in [0.1, 0.15) is 0 Å². The molecule has 0 spiro atoms. The molecule has 2 unspecified atom stereocenters. The van der Waals surface area contributed by atoms with Gasteiger partial charge in [0.15, 0.2) is 0 Å². The number of benzene rings is 3. The van der Waals surface area contributed by atoms with Crippen molar-refractivity contribution in [2.24, 2.45) is 5.73 Å². The fraction of sp³-hybridized carbons (Fsp3) is 0.182. The van der Waals surface area contributed by atoms with Gasteiger partial charge in [-0.3, -0.25) is 0 Å². The molecule has 2 heteroatoms. The van der Waals surface area contributed by atoms with Crippen molar-refractivity contribution in [3.63, 3.8) is 0 Å². The molecule has 0 radical (unpaired) electrons. The number of hydrogen-bond acceptors (Lipinski definition) is 2. The zero-order chi connectivity index (χ0) is 16.6. The molecule has 3 aromatic carbocycles. The van der Waals surface area contributed by atoms with Gasteiger partial charge in [-0.05, 0) is 23.1 Å². The second kappa shape index (κ2) is 8.44. The first kappa shape index (κ1) is 16.4. The van der Waals surface area contributed by atoms with Crippen LogP contribution in [0.5, 0.6) is 0 Å². The smallest absolute Gasteiger partial charge is 0.0983 e. The fourth-order valence-electron chi connectivity index (χ4n) is 2.86. The Morgan fingerprint density at radius 2 is 1.17 bits per heavy atom. The van der Waals surface area contributed by atoms with Gasteiger partial charge >= 0.3 is 0 Å². The maximum Gasteiger partial charge on any atom is 0.0983 e. The van der Waals surface area contributed by atoms with Crippen LogP contribution in [0.15, 0.2) is 91.0 Å². The quantitative estimate of drug-likeness (QED) is 0.695. The topological polar surface area (TPSA) is 35.2 Å². The third kappa shape index (κ3) is 4.54. The molecule has 2 N–H and O–H groups in total. The Bertz CT molecular complexity index is 713. The first-order chi connectivity index (χ1) is 11.8. The summed E-state index contributed by atoms with van der Waals surface area (Å²) < 4.78 is 6.22. The molecule has 0 aliphatic rings. The molecular weight excluding hydrogens is 294 g/mol. The van der Waals surface area contributed by atoms with Gasteiger partial charge in [0, 0.05) is 6.04 Å². The largest absolute Gasteiger partial charge is 0.367 e. The normalized spacial score (nSPS) is 13.4. The van der Waals surface area contributed by atoms with E-state index in [1.165, 1.54) is 5.56 Å². The molecule has 3 rings (SSSR count). The molecule has 0 saturated heterocycles. The van der Waals surface area contributed by atoms with Gasteiger partial charge in [-0.15, -0.1) is 0 Å². The van der Waals surface area contributed by atoms with Crippen LogP contribution in [0.3, 0.4) is 0 Å². The number of ether oxygens (including phenoxy) is 1. The molecule has 0 aliphatic carbocycles. The van der Waals surface area contributed by atoms with Gasteiger partial charge in [-0.1, -0.05) is 91.0 Å². The van der Waals surface area contributed by atoms with Gasteiger partial charge in [-0.25, -0.2) is 0 Å². The van der Waals surface area contributed by atoms with Crippen molar-refractivity contribution in [3.05, 3.63) is 108 Å². The van der Waals surface area contributed by atoms with Gasteiger partial charge < -0.3 is 10.5 Å². The maximum absolute atomic E-state index is 6.52. The lowest BCUT2D eigenvalue weighted by atomic mass is 9.96. The number of nitrogens with two attached hydrogens (primary N) is 1. The summed E-state index contributed by atoms with van der Waals surface area (Å²) in [6, 6.07) is 30.7. The van der Waals surface area contributed by atoms with E-state index in [1.54, 1.807) is 0 Å². The molecule has 0 fully saturated rings. The van der Waals surface area contributed by atoms with Crippen molar-refractivity contribution in [1.82, 2.24) is 0 Å². The minimum Gasteiger partial charge on any atom is -0.367 e. The predicted octanol–water partition coefficient (Wildman–Crippen LogP) is 4.51. The summed E-state index contributed by atoms with van der Waals surface area (Å²) >= 11 is 0. The molecule has 0 saturated carbocycles. The average Bonchev–Trinajstić information content (AvgIpc) is 2.64. The van der Waals surface area contributed by atoms with Crippen LogP contribution in [0, 0.1) is 0 Å². The van der Waals surface area contributed by atoms with Crippen molar-refractivity contribution in [3.8, 4) is 0 Å². The Kier molecular flexibility index (Phi) is 5.78. The van der Waals surface area contributed by atoms with Gasteiger partial charge in [-0.2, -0.15) is 0 Å². The van der Waals surface area contributed by atoms with Crippen LogP contribution in [0.2, 0.25) is 0 Å². The monoisotopic (exact) mass is 317 g/mol. The van der Waals surface area contributed by atoms with Crippen molar-refractivity contribution in [1.29, 1.82) is 0 Å². The van der Waals surface area contributed by atoms with Crippen molar-refractivity contribution in [2.45, 2.75) is 25.2 Å². The second-order valence-corrected chi connectivity index (χ2v) is 5.98. The first-order valence-electron chi connectivity index (χ1n) is 8.33. The summed E-state index contributed by atoms with van der Waals surface area (Å²) in [4.78, 5) is 0. The number of hydrogen-bond donors (Lipinski definition) is 1. The minimum atomic E-state index is -0.133. The summed E-state index contributed by atoms with van der Waals surface area (Å²) in [5, 5.41) is 0. The van der Waals surface area contributed by atoms with Crippen molar-refractivity contribution in [2.75, 3.05) is 0 Å². The molecule has 0 aliphatic heterocycles. The van der Waals surface area contributed by atoms with Crippen LogP contribution in [-0.2, 0) is 17.8 Å². The first-order valence-corrected chi connectivity index (χ1v) is 8.33. The minimum absolute atomic E-state index is 0.0986. The maximum atomic E-state index is 6.52. The molecule has 24 heavy (non-hydrogen) atoms. The Hall–Kier alpha value is -2.42. The zero-order valence-electron chi connectivity index (χ0n) is 13.7. The SMILES string of the molecule is NC(Cc1ccccc1)C(OCc1ccccc1)c1ccccc1. The Morgan fingerprint density at radius 3 is 1.75 bits per heavy atom. The van der Waals surface area contributed by atoms with E-state index in [0.29, 0.717) is 6.61 Å². The number of rotatable bonds is 7. The molecule has 2 nitrogen and oxygen atoms in total. The summed E-state index contributed by atoms with van der Waals surface area (Å²) in [5.41, 5.74) is 10.0. The molecular formula is C22H23NO. The van der Waals surface area contributed by atoms with Crippen LogP contribution in [-0.4, -0.2) is 6.04 Å². The molecule has 0 heterocycles. The van der Waals surface area contributed by atoms with E-state index in [1.807, 2.05) is 54.6 Å². The van der Waals surface area contributed by atoms with E-state index in [2.05, 4.69) is 36.4 Å². The molecule has 0 bridgehead atoms. The van der Waals surface area contributed by atoms with Crippen LogP contribution in [0.4, 0.5) is 0 Å². The molecule has 3 aromatic rings. The summed E-state index contributed by atoms with van der Waals surface area (Å²) in [6.45, 7) is 0.558. The fourth-order valence-corrected chi connectivity index (χ4v) is 2.86. The van der Waals surface area contributed by atoms with Gasteiger partial charge in [0.05, 0.1) is 12.7 Å². The summed E-state index contributed by atoms with van der Waals surface area (Å²) in [7, 11) is 0. The van der Waals surface area contributed by atoms with Crippen LogP contribution < -0.4 is 5.73 Å². The van der Waals surface area contributed by atoms with E-state index in [4.69, 9.17) is 10.5 Å². The lowest BCUT2D eigenvalue weighted by Crippen LogP contribution is -2.32. The van der Waals surface area contributed by atoms with Crippen LogP contribution >= 0.6 is 0 Å². The van der Waals surface area contributed by atoms with Gasteiger partial charge in [0.25, 0.3) is 0 Å². The Labute approximate surface area is 143 Å². The Balaban J connectivity index is 1.74. The van der Waals surface area contributed by atoms with E-state index in [0.717, 1.165) is 17.5 Å². The molecule has 0 aromatic heterocycles. The highest BCUT2D eigenvalue weighted by molar-refractivity contribution is 5.22. The van der Waals surface area contributed by atoms with E-state index in [9.17, 15) is 0 Å². The third-order valence-corrected chi connectivity index (χ3v) is 4.10. The van der Waals surface area contributed by atoms with Crippen molar-refractivity contribution < 1.29 is 4.74 Å². The van der Waals surface area contributed by atoms with Gasteiger partial charge in [0.2, 0.25) is 0 Å². The van der Waals surface area contributed by atoms with Crippen LogP contribution in [0.25, 0.3) is 0 Å². The Morgan fingerprint density at radius 1 is 0.667 bits per heavy atom. The highest BCUT2D eigenvalue weighted by Crippen LogP contribution is 2.24. The summed E-state index contributed by atoms with van der Waals surface area (Å²) in [6.07, 6.45) is 0.654. The highest BCUT2D eigenvalue weighted by atomic mass is 16.5. The molecule has 0 amide bonds. The second-order valence-electron chi connectivity index (χ2n) is 5.98.